The van der Waals surface area contributed by atoms with Crippen molar-refractivity contribution in [3.05, 3.63) is 34.1 Å². The molecule has 18 heavy (non-hydrogen) atoms. The molecule has 3 nitrogen and oxygen atoms in total. The smallest absolute Gasteiger partial charge is 0.257 e. The summed E-state index contributed by atoms with van der Waals surface area (Å²) in [5, 5.41) is 0.664. The highest BCUT2D eigenvalue weighted by atomic mass is 79.9. The van der Waals surface area contributed by atoms with Crippen molar-refractivity contribution >= 4 is 37.8 Å². The molecule has 1 fully saturated rings. The molecule has 98 valence electrons. The maximum absolute atomic E-state index is 13.9. The molecule has 6 heteroatoms. The van der Waals surface area contributed by atoms with Crippen LogP contribution in [-0.2, 0) is 4.74 Å². The maximum Gasteiger partial charge on any atom is 0.257 e. The summed E-state index contributed by atoms with van der Waals surface area (Å²) in [4.78, 5) is 13.9. The number of amides is 1. The van der Waals surface area contributed by atoms with Crippen LogP contribution in [-0.4, -0.2) is 41.9 Å². The third-order valence-corrected chi connectivity index (χ3v) is 4.11. The number of ether oxygens (including phenoxy) is 1. The van der Waals surface area contributed by atoms with E-state index in [1.807, 2.05) is 0 Å². The summed E-state index contributed by atoms with van der Waals surface area (Å²) < 4.78 is 19.6. The fourth-order valence-electron chi connectivity index (χ4n) is 1.84. The second kappa shape index (κ2) is 6.12. The van der Waals surface area contributed by atoms with Gasteiger partial charge in [0.05, 0.1) is 22.7 Å². The van der Waals surface area contributed by atoms with Crippen LogP contribution in [0, 0.1) is 5.82 Å². The van der Waals surface area contributed by atoms with Crippen molar-refractivity contribution in [2.45, 2.75) is 6.10 Å². The Labute approximate surface area is 122 Å². The van der Waals surface area contributed by atoms with Gasteiger partial charge in [-0.25, -0.2) is 4.39 Å². The van der Waals surface area contributed by atoms with Gasteiger partial charge in [-0.3, -0.25) is 4.79 Å². The summed E-state index contributed by atoms with van der Waals surface area (Å²) in [6, 6.07) is 4.73. The summed E-state index contributed by atoms with van der Waals surface area (Å²) >= 11 is 6.41. The topological polar surface area (TPSA) is 29.5 Å². The third kappa shape index (κ3) is 2.92. The van der Waals surface area contributed by atoms with Crippen LogP contribution in [0.3, 0.4) is 0 Å². The Morgan fingerprint density at radius 1 is 1.56 bits per heavy atom. The minimum absolute atomic E-state index is 0.0297. The van der Waals surface area contributed by atoms with Crippen LogP contribution in [0.5, 0.6) is 0 Å². The van der Waals surface area contributed by atoms with Crippen LogP contribution in [0.4, 0.5) is 4.39 Å². The Balaban J connectivity index is 2.18. The lowest BCUT2D eigenvalue weighted by atomic mass is 10.1. The highest BCUT2D eigenvalue weighted by Gasteiger charge is 2.26. The number of hydrogen-bond acceptors (Lipinski definition) is 2. The lowest BCUT2D eigenvalue weighted by Crippen LogP contribution is -2.46. The summed E-state index contributed by atoms with van der Waals surface area (Å²) in [5.74, 6) is -0.799. The lowest BCUT2D eigenvalue weighted by molar-refractivity contribution is -0.00982. The molecule has 2 rings (SSSR count). The Morgan fingerprint density at radius 2 is 2.33 bits per heavy atom. The van der Waals surface area contributed by atoms with Crippen molar-refractivity contribution in [3.63, 3.8) is 0 Å². The molecule has 0 bridgehead atoms. The van der Waals surface area contributed by atoms with Gasteiger partial charge in [-0.2, -0.15) is 0 Å². The summed E-state index contributed by atoms with van der Waals surface area (Å²) in [7, 11) is 0. The van der Waals surface area contributed by atoms with Crippen molar-refractivity contribution in [3.8, 4) is 0 Å². The molecule has 0 N–H and O–H groups in total. The Morgan fingerprint density at radius 3 is 3.06 bits per heavy atom. The zero-order valence-electron chi connectivity index (χ0n) is 9.54. The molecule has 1 atom stereocenters. The first-order valence-corrected chi connectivity index (χ1v) is 7.45. The summed E-state index contributed by atoms with van der Waals surface area (Å²) in [6.45, 7) is 1.46. The molecule has 1 saturated heterocycles. The predicted molar refractivity (Wildman–Crippen MR) is 73.5 cm³/mol. The van der Waals surface area contributed by atoms with E-state index < -0.39 is 5.82 Å². The zero-order valence-corrected chi connectivity index (χ0v) is 12.7. The third-order valence-electron chi connectivity index (χ3n) is 2.78. The van der Waals surface area contributed by atoms with Crippen molar-refractivity contribution < 1.29 is 13.9 Å². The minimum atomic E-state index is -0.510. The van der Waals surface area contributed by atoms with Gasteiger partial charge in [-0.15, -0.1) is 0 Å². The SMILES string of the molecule is O=C(c1cccc(Br)c1F)N1CCOC(CBr)C1. The van der Waals surface area contributed by atoms with E-state index in [0.29, 0.717) is 29.5 Å². The van der Waals surface area contributed by atoms with Gasteiger partial charge in [0.15, 0.2) is 0 Å². The Hall–Kier alpha value is -0.460. The van der Waals surface area contributed by atoms with E-state index in [9.17, 15) is 9.18 Å². The van der Waals surface area contributed by atoms with Crippen LogP contribution >= 0.6 is 31.9 Å². The van der Waals surface area contributed by atoms with Gasteiger partial charge in [0.2, 0.25) is 0 Å². The molecule has 1 aliphatic heterocycles. The summed E-state index contributed by atoms with van der Waals surface area (Å²) in [6.07, 6.45) is -0.0297. The molecular weight excluding hydrogens is 369 g/mol. The van der Waals surface area contributed by atoms with Crippen molar-refractivity contribution in [1.82, 2.24) is 4.90 Å². The largest absolute Gasteiger partial charge is 0.374 e. The quantitative estimate of drug-likeness (QED) is 0.738. The monoisotopic (exact) mass is 379 g/mol. The second-order valence-corrected chi connectivity index (χ2v) is 5.50. The van der Waals surface area contributed by atoms with Crippen LogP contribution in [0.15, 0.2) is 22.7 Å². The average Bonchev–Trinajstić information content (AvgIpc) is 2.41. The van der Waals surface area contributed by atoms with Gasteiger partial charge in [-0.05, 0) is 28.1 Å². The first kappa shape index (κ1) is 14.0. The molecule has 1 aromatic carbocycles. The number of morpholine rings is 1. The molecule has 0 spiro atoms. The van der Waals surface area contributed by atoms with E-state index in [2.05, 4.69) is 31.9 Å². The number of hydrogen-bond donors (Lipinski definition) is 0. The molecule has 0 saturated carbocycles. The van der Waals surface area contributed by atoms with Crippen molar-refractivity contribution in [1.29, 1.82) is 0 Å². The van der Waals surface area contributed by atoms with Gasteiger partial charge < -0.3 is 9.64 Å². The molecule has 1 aromatic rings. The number of carbonyl (C=O) groups excluding carboxylic acids is 1. The fourth-order valence-corrected chi connectivity index (χ4v) is 2.59. The van der Waals surface area contributed by atoms with Crippen LogP contribution in [0.1, 0.15) is 10.4 Å². The van der Waals surface area contributed by atoms with Gasteiger partial charge in [0.1, 0.15) is 5.82 Å². The van der Waals surface area contributed by atoms with Gasteiger partial charge in [-0.1, -0.05) is 22.0 Å². The minimum Gasteiger partial charge on any atom is -0.374 e. The number of benzene rings is 1. The fraction of sp³-hybridized carbons (Fsp3) is 0.417. The maximum atomic E-state index is 13.9. The van der Waals surface area contributed by atoms with Crippen LogP contribution < -0.4 is 0 Å². The number of nitrogens with zero attached hydrogens (tertiary/aromatic N) is 1. The predicted octanol–water partition coefficient (Wildman–Crippen LogP) is 2.82. The highest BCUT2D eigenvalue weighted by molar-refractivity contribution is 9.10. The molecule has 0 aromatic heterocycles. The molecule has 1 unspecified atom stereocenters. The van der Waals surface area contributed by atoms with E-state index in [1.165, 1.54) is 6.07 Å². The molecule has 1 amide bonds. The van der Waals surface area contributed by atoms with Gasteiger partial charge >= 0.3 is 0 Å². The number of carbonyl (C=O) groups is 1. The van der Waals surface area contributed by atoms with Gasteiger partial charge in [0.25, 0.3) is 5.91 Å². The number of alkyl halides is 1. The van der Waals surface area contributed by atoms with E-state index in [4.69, 9.17) is 4.74 Å². The Bertz CT molecular complexity index is 456. The zero-order chi connectivity index (χ0) is 13.1. The number of rotatable bonds is 2. The lowest BCUT2D eigenvalue weighted by Gasteiger charge is -2.32. The molecule has 1 heterocycles. The average molecular weight is 381 g/mol. The summed E-state index contributed by atoms with van der Waals surface area (Å²) in [5.41, 5.74) is 0.0968. The number of halogens is 3. The van der Waals surface area contributed by atoms with E-state index in [0.717, 1.165) is 0 Å². The first-order valence-electron chi connectivity index (χ1n) is 5.54. The van der Waals surface area contributed by atoms with Crippen molar-refractivity contribution in [2.24, 2.45) is 0 Å². The molecular formula is C12H12Br2FNO2. The van der Waals surface area contributed by atoms with E-state index in [1.54, 1.807) is 17.0 Å². The standard InChI is InChI=1S/C12H12Br2FNO2/c13-6-8-7-16(4-5-18-8)12(17)9-2-1-3-10(14)11(9)15/h1-3,8H,4-7H2. The van der Waals surface area contributed by atoms with Crippen molar-refractivity contribution in [2.75, 3.05) is 25.0 Å². The van der Waals surface area contributed by atoms with Gasteiger partial charge in [0, 0.05) is 18.4 Å². The van der Waals surface area contributed by atoms with E-state index in [-0.39, 0.29) is 17.6 Å². The first-order chi connectivity index (χ1) is 8.63. The van der Waals surface area contributed by atoms with Crippen LogP contribution in [0.2, 0.25) is 0 Å². The molecule has 0 radical (unpaired) electrons. The molecule has 1 aliphatic rings. The Kier molecular flexibility index (Phi) is 4.75. The second-order valence-electron chi connectivity index (χ2n) is 4.00. The highest BCUT2D eigenvalue weighted by Crippen LogP contribution is 2.21. The normalized spacial score (nSPS) is 19.9. The van der Waals surface area contributed by atoms with E-state index >= 15 is 0 Å². The molecule has 0 aliphatic carbocycles. The van der Waals surface area contributed by atoms with Crippen LogP contribution in [0.25, 0.3) is 0 Å².